The largest absolute Gasteiger partial charge is 0.497 e. The number of likely N-dealkylation sites (tertiary alicyclic amines) is 1. The smallest absolute Gasteiger partial charge is 0.246 e. The summed E-state index contributed by atoms with van der Waals surface area (Å²) in [6.07, 6.45) is 4.22. The maximum Gasteiger partial charge on any atom is 0.246 e. The Morgan fingerprint density at radius 2 is 1.71 bits per heavy atom. The number of ether oxygens (including phenoxy) is 2. The van der Waals surface area contributed by atoms with Crippen LogP contribution in [-0.4, -0.2) is 59.1 Å². The van der Waals surface area contributed by atoms with Crippen molar-refractivity contribution in [2.75, 3.05) is 19.0 Å². The van der Waals surface area contributed by atoms with Crippen LogP contribution in [0.5, 0.6) is 5.75 Å². The molecule has 200 valence electrons. The van der Waals surface area contributed by atoms with E-state index in [0.717, 1.165) is 11.3 Å². The van der Waals surface area contributed by atoms with Gasteiger partial charge in [-0.2, -0.15) is 0 Å². The maximum absolute atomic E-state index is 14.1. The molecule has 3 amide bonds. The summed E-state index contributed by atoms with van der Waals surface area (Å²) in [6.45, 7) is 7.84. The van der Waals surface area contributed by atoms with Crippen LogP contribution in [0.4, 0.5) is 5.69 Å². The van der Waals surface area contributed by atoms with Crippen LogP contribution in [0.25, 0.3) is 0 Å². The van der Waals surface area contributed by atoms with Crippen LogP contribution >= 0.6 is 0 Å². The number of nitrogens with one attached hydrogen (secondary N) is 2. The first-order valence-electron chi connectivity index (χ1n) is 13.0. The zero-order valence-electron chi connectivity index (χ0n) is 22.5. The lowest BCUT2D eigenvalue weighted by Gasteiger charge is -2.35. The van der Waals surface area contributed by atoms with E-state index in [1.54, 1.807) is 24.1 Å². The molecule has 3 aliphatic heterocycles. The van der Waals surface area contributed by atoms with Crippen molar-refractivity contribution in [2.24, 2.45) is 11.8 Å². The molecule has 2 N–H and O–H groups in total. The second-order valence-corrected chi connectivity index (χ2v) is 11.6. The van der Waals surface area contributed by atoms with Gasteiger partial charge in [-0.05, 0) is 63.9 Å². The minimum absolute atomic E-state index is 0.242. The van der Waals surface area contributed by atoms with Crippen molar-refractivity contribution < 1.29 is 23.9 Å². The van der Waals surface area contributed by atoms with E-state index in [2.05, 4.69) is 10.6 Å². The van der Waals surface area contributed by atoms with E-state index in [4.69, 9.17) is 9.47 Å². The SMILES string of the molecule is COc1ccc(CCN2C(=O)[C@@H]3[C@H](C(=O)Nc4ccccc4)[C@@]4(C)C=C[C@]3(O4)[C@H]2C(=O)NC(C)(C)C)cc1. The van der Waals surface area contributed by atoms with Crippen molar-refractivity contribution in [2.45, 2.75) is 56.9 Å². The Bertz CT molecular complexity index is 1270. The molecule has 0 radical (unpaired) electrons. The van der Waals surface area contributed by atoms with Gasteiger partial charge in [0.1, 0.15) is 17.4 Å². The van der Waals surface area contributed by atoms with E-state index < -0.39 is 34.6 Å². The number of carbonyl (C=O) groups is 3. The fourth-order valence-corrected chi connectivity index (χ4v) is 6.09. The van der Waals surface area contributed by atoms with E-state index in [-0.39, 0.29) is 17.7 Å². The number of benzene rings is 2. The van der Waals surface area contributed by atoms with Crippen LogP contribution in [0.15, 0.2) is 66.7 Å². The lowest BCUT2D eigenvalue weighted by Crippen LogP contribution is -2.58. The van der Waals surface area contributed by atoms with Gasteiger partial charge in [0.25, 0.3) is 0 Å². The van der Waals surface area contributed by atoms with Gasteiger partial charge in [-0.15, -0.1) is 0 Å². The minimum atomic E-state index is -1.22. The van der Waals surface area contributed by atoms with Crippen molar-refractivity contribution >= 4 is 23.4 Å². The summed E-state index contributed by atoms with van der Waals surface area (Å²) >= 11 is 0. The van der Waals surface area contributed by atoms with Crippen LogP contribution in [0, 0.1) is 11.8 Å². The second-order valence-electron chi connectivity index (χ2n) is 11.6. The lowest BCUT2D eigenvalue weighted by atomic mass is 9.70. The highest BCUT2D eigenvalue weighted by atomic mass is 16.5. The van der Waals surface area contributed by atoms with Crippen molar-refractivity contribution in [3.63, 3.8) is 0 Å². The van der Waals surface area contributed by atoms with Gasteiger partial charge in [-0.1, -0.05) is 42.5 Å². The van der Waals surface area contributed by atoms with Gasteiger partial charge in [-0.3, -0.25) is 14.4 Å². The Kier molecular flexibility index (Phi) is 6.34. The summed E-state index contributed by atoms with van der Waals surface area (Å²) in [5, 5.41) is 6.00. The molecule has 8 nitrogen and oxygen atoms in total. The molecular formula is C30H35N3O5. The Morgan fingerprint density at radius 1 is 1.03 bits per heavy atom. The summed E-state index contributed by atoms with van der Waals surface area (Å²) in [5.41, 5.74) is -1.08. The first-order valence-corrected chi connectivity index (χ1v) is 13.0. The lowest BCUT2D eigenvalue weighted by molar-refractivity contribution is -0.144. The highest BCUT2D eigenvalue weighted by Gasteiger charge is 2.76. The molecule has 8 heteroatoms. The molecule has 2 aromatic carbocycles. The van der Waals surface area contributed by atoms with E-state index in [0.29, 0.717) is 18.7 Å². The standard InChI is InChI=1S/C30H35N3O5/c1-28(2,3)32-26(35)24-30-17-16-29(4,38-30)22(25(34)31-20-9-7-6-8-10-20)23(30)27(36)33(24)18-15-19-11-13-21(37-5)14-12-19/h6-14,16-17,22-24H,15,18H2,1-5H3,(H,31,34)(H,32,35)/t22-,23+,24-,29-,30-/m1/s1. The predicted molar refractivity (Wildman–Crippen MR) is 144 cm³/mol. The van der Waals surface area contributed by atoms with E-state index in [9.17, 15) is 14.4 Å². The average molecular weight is 518 g/mol. The fourth-order valence-electron chi connectivity index (χ4n) is 6.09. The Labute approximate surface area is 223 Å². The summed E-state index contributed by atoms with van der Waals surface area (Å²) in [7, 11) is 1.61. The number of amides is 3. The van der Waals surface area contributed by atoms with Crippen molar-refractivity contribution in [1.82, 2.24) is 10.2 Å². The van der Waals surface area contributed by atoms with E-state index in [1.165, 1.54) is 0 Å². The van der Waals surface area contributed by atoms with Gasteiger partial charge in [-0.25, -0.2) is 0 Å². The van der Waals surface area contributed by atoms with Gasteiger partial charge < -0.3 is 25.0 Å². The summed E-state index contributed by atoms with van der Waals surface area (Å²) in [5.74, 6) is -1.67. The average Bonchev–Trinajstić information content (AvgIpc) is 3.43. The number of para-hydroxylation sites is 1. The van der Waals surface area contributed by atoms with Crippen molar-refractivity contribution in [3.05, 3.63) is 72.3 Å². The molecule has 38 heavy (non-hydrogen) atoms. The second kappa shape index (κ2) is 9.27. The van der Waals surface area contributed by atoms with Crippen molar-refractivity contribution in [3.8, 4) is 5.75 Å². The van der Waals surface area contributed by atoms with Gasteiger partial charge in [0, 0.05) is 17.8 Å². The predicted octanol–water partition coefficient (Wildman–Crippen LogP) is 3.33. The van der Waals surface area contributed by atoms with Gasteiger partial charge in [0.2, 0.25) is 17.7 Å². The molecule has 0 saturated carbocycles. The maximum atomic E-state index is 14.1. The number of hydrogen-bond acceptors (Lipinski definition) is 5. The third kappa shape index (κ3) is 4.36. The number of methoxy groups -OCH3 is 1. The third-order valence-electron chi connectivity index (χ3n) is 7.67. The molecule has 0 aromatic heterocycles. The molecule has 2 fully saturated rings. The number of nitrogens with zero attached hydrogens (tertiary/aromatic N) is 1. The molecule has 2 bridgehead atoms. The summed E-state index contributed by atoms with van der Waals surface area (Å²) in [4.78, 5) is 43.1. The molecule has 1 spiro atoms. The Hall–Kier alpha value is -3.65. The zero-order chi connectivity index (χ0) is 27.3. The Balaban J connectivity index is 1.48. The molecule has 5 atom stereocenters. The van der Waals surface area contributed by atoms with Crippen LogP contribution in [0.3, 0.4) is 0 Å². The molecule has 0 unspecified atom stereocenters. The quantitative estimate of drug-likeness (QED) is 0.550. The topological polar surface area (TPSA) is 97.0 Å². The van der Waals surface area contributed by atoms with Gasteiger partial charge in [0.15, 0.2) is 0 Å². The molecule has 3 aliphatic rings. The van der Waals surface area contributed by atoms with Crippen LogP contribution in [-0.2, 0) is 25.5 Å². The first kappa shape index (κ1) is 26.0. The van der Waals surface area contributed by atoms with E-state index >= 15 is 0 Å². The highest BCUT2D eigenvalue weighted by Crippen LogP contribution is 2.59. The number of rotatable bonds is 7. The monoisotopic (exact) mass is 517 g/mol. The summed E-state index contributed by atoms with van der Waals surface area (Å²) < 4.78 is 11.8. The molecule has 0 aliphatic carbocycles. The zero-order valence-corrected chi connectivity index (χ0v) is 22.5. The van der Waals surface area contributed by atoms with Gasteiger partial charge in [0.05, 0.1) is 24.5 Å². The molecular weight excluding hydrogens is 482 g/mol. The number of carbonyl (C=O) groups excluding carboxylic acids is 3. The summed E-state index contributed by atoms with van der Waals surface area (Å²) in [6, 6.07) is 15.9. The molecule has 3 heterocycles. The third-order valence-corrected chi connectivity index (χ3v) is 7.67. The van der Waals surface area contributed by atoms with Crippen molar-refractivity contribution in [1.29, 1.82) is 0 Å². The van der Waals surface area contributed by atoms with Gasteiger partial charge >= 0.3 is 0 Å². The molecule has 5 rings (SSSR count). The van der Waals surface area contributed by atoms with Crippen LogP contribution < -0.4 is 15.4 Å². The minimum Gasteiger partial charge on any atom is -0.497 e. The molecule has 2 aromatic rings. The normalized spacial score (nSPS) is 29.3. The highest BCUT2D eigenvalue weighted by molar-refractivity contribution is 6.03. The Morgan fingerprint density at radius 3 is 2.34 bits per heavy atom. The number of fused-ring (bicyclic) bond motifs is 1. The van der Waals surface area contributed by atoms with Crippen LogP contribution in [0.2, 0.25) is 0 Å². The number of anilines is 1. The molecule has 2 saturated heterocycles. The van der Waals surface area contributed by atoms with Crippen LogP contribution in [0.1, 0.15) is 33.3 Å². The number of hydrogen-bond donors (Lipinski definition) is 2. The fraction of sp³-hybridized carbons (Fsp3) is 0.433. The van der Waals surface area contributed by atoms with E-state index in [1.807, 2.05) is 82.3 Å². The first-order chi connectivity index (χ1) is 18.0.